The molecule has 4 nitrogen and oxygen atoms in total. The summed E-state index contributed by atoms with van der Waals surface area (Å²) in [5.74, 6) is 2.20. The van der Waals surface area contributed by atoms with E-state index in [9.17, 15) is 0 Å². The molecule has 1 heterocycles. The van der Waals surface area contributed by atoms with Gasteiger partial charge in [0.1, 0.15) is 11.9 Å². The summed E-state index contributed by atoms with van der Waals surface area (Å²) in [6.45, 7) is 1.97. The number of nitrogens with zero attached hydrogens (tertiary/aromatic N) is 2. The first-order valence-electron chi connectivity index (χ1n) is 5.42. The van der Waals surface area contributed by atoms with Crippen LogP contribution in [0.15, 0.2) is 4.47 Å². The number of rotatable bonds is 4. The molecule has 88 valence electrons. The first kappa shape index (κ1) is 11.8. The van der Waals surface area contributed by atoms with Crippen LogP contribution in [0.1, 0.15) is 30.5 Å². The van der Waals surface area contributed by atoms with Gasteiger partial charge in [-0.25, -0.2) is 9.97 Å². The maximum atomic E-state index is 5.49. The summed E-state index contributed by atoms with van der Waals surface area (Å²) < 4.78 is 6.41. The number of aromatic nitrogens is 2. The van der Waals surface area contributed by atoms with Gasteiger partial charge in [0, 0.05) is 14.2 Å². The van der Waals surface area contributed by atoms with Gasteiger partial charge in [-0.2, -0.15) is 0 Å². The van der Waals surface area contributed by atoms with Crippen molar-refractivity contribution < 1.29 is 4.74 Å². The zero-order chi connectivity index (χ0) is 11.7. The summed E-state index contributed by atoms with van der Waals surface area (Å²) in [6.07, 6.45) is 2.47. The highest BCUT2D eigenvalue weighted by Crippen LogP contribution is 2.42. The van der Waals surface area contributed by atoms with Crippen molar-refractivity contribution in [3.05, 3.63) is 16.0 Å². The zero-order valence-corrected chi connectivity index (χ0v) is 11.3. The van der Waals surface area contributed by atoms with Crippen LogP contribution in [0, 0.1) is 12.8 Å². The summed E-state index contributed by atoms with van der Waals surface area (Å²) >= 11 is 3.47. The maximum Gasteiger partial charge on any atom is 0.160 e. The van der Waals surface area contributed by atoms with Crippen molar-refractivity contribution in [1.82, 2.24) is 9.97 Å². The minimum absolute atomic E-state index is 0.0406. The second kappa shape index (κ2) is 4.67. The topological polar surface area (TPSA) is 47.0 Å². The Labute approximate surface area is 104 Å². The minimum atomic E-state index is 0.0406. The fourth-order valence-electron chi connectivity index (χ4n) is 1.78. The quantitative estimate of drug-likeness (QED) is 0.924. The molecule has 0 aliphatic heterocycles. The van der Waals surface area contributed by atoms with Gasteiger partial charge in [-0.3, -0.25) is 0 Å². The first-order valence-corrected chi connectivity index (χ1v) is 6.21. The van der Waals surface area contributed by atoms with Crippen molar-refractivity contribution >= 4 is 21.7 Å². The van der Waals surface area contributed by atoms with E-state index in [1.807, 2.05) is 14.0 Å². The molecule has 1 unspecified atom stereocenters. The van der Waals surface area contributed by atoms with Crippen LogP contribution in [0.4, 0.5) is 5.82 Å². The molecule has 1 aliphatic carbocycles. The van der Waals surface area contributed by atoms with Crippen molar-refractivity contribution in [1.29, 1.82) is 0 Å². The third-order valence-corrected chi connectivity index (χ3v) is 3.78. The third-order valence-electron chi connectivity index (χ3n) is 2.83. The van der Waals surface area contributed by atoms with Crippen LogP contribution in [0.25, 0.3) is 0 Å². The Morgan fingerprint density at radius 1 is 1.44 bits per heavy atom. The average Bonchev–Trinajstić information content (AvgIpc) is 3.08. The van der Waals surface area contributed by atoms with Gasteiger partial charge >= 0.3 is 0 Å². The number of hydrogen-bond donors (Lipinski definition) is 1. The van der Waals surface area contributed by atoms with E-state index in [-0.39, 0.29) is 6.10 Å². The molecule has 2 rings (SSSR count). The lowest BCUT2D eigenvalue weighted by molar-refractivity contribution is 0.0771. The second-order valence-corrected chi connectivity index (χ2v) is 4.87. The minimum Gasteiger partial charge on any atom is -0.373 e. The number of ether oxygens (including phenoxy) is 1. The highest BCUT2D eigenvalue weighted by Gasteiger charge is 2.34. The Morgan fingerprint density at radius 3 is 2.62 bits per heavy atom. The molecule has 0 radical (unpaired) electrons. The van der Waals surface area contributed by atoms with Crippen LogP contribution >= 0.6 is 15.9 Å². The Hall–Kier alpha value is -0.680. The van der Waals surface area contributed by atoms with Gasteiger partial charge in [0.25, 0.3) is 0 Å². The van der Waals surface area contributed by atoms with E-state index in [4.69, 9.17) is 4.74 Å². The lowest BCUT2D eigenvalue weighted by atomic mass is 10.2. The zero-order valence-electron chi connectivity index (χ0n) is 9.75. The first-order chi connectivity index (χ1) is 7.67. The number of hydrogen-bond acceptors (Lipinski definition) is 4. The van der Waals surface area contributed by atoms with Crippen LogP contribution in [0.2, 0.25) is 0 Å². The lowest BCUT2D eigenvalue weighted by Crippen LogP contribution is -2.11. The van der Waals surface area contributed by atoms with Crippen molar-refractivity contribution in [2.45, 2.75) is 25.9 Å². The number of methoxy groups -OCH3 is 1. The predicted molar refractivity (Wildman–Crippen MR) is 66.5 cm³/mol. The smallest absolute Gasteiger partial charge is 0.160 e. The largest absolute Gasteiger partial charge is 0.373 e. The van der Waals surface area contributed by atoms with Gasteiger partial charge in [0.05, 0.1) is 10.2 Å². The summed E-state index contributed by atoms with van der Waals surface area (Å²) in [5, 5.41) is 3.06. The van der Waals surface area contributed by atoms with Crippen molar-refractivity contribution in [3.8, 4) is 0 Å². The summed E-state index contributed by atoms with van der Waals surface area (Å²) in [7, 11) is 3.58. The van der Waals surface area contributed by atoms with Gasteiger partial charge < -0.3 is 10.1 Å². The van der Waals surface area contributed by atoms with E-state index in [1.54, 1.807) is 7.11 Å². The third kappa shape index (κ3) is 2.20. The van der Waals surface area contributed by atoms with Crippen molar-refractivity contribution in [2.75, 3.05) is 19.5 Å². The van der Waals surface area contributed by atoms with E-state index in [2.05, 4.69) is 31.2 Å². The van der Waals surface area contributed by atoms with Crippen LogP contribution in [0.3, 0.4) is 0 Å². The molecule has 5 heteroatoms. The van der Waals surface area contributed by atoms with Crippen LogP contribution in [-0.4, -0.2) is 24.1 Å². The Kier molecular flexibility index (Phi) is 3.44. The van der Waals surface area contributed by atoms with E-state index < -0.39 is 0 Å². The van der Waals surface area contributed by atoms with Crippen LogP contribution in [0.5, 0.6) is 0 Å². The van der Waals surface area contributed by atoms with E-state index >= 15 is 0 Å². The predicted octanol–water partition coefficient (Wildman–Crippen LogP) is 2.69. The van der Waals surface area contributed by atoms with Crippen LogP contribution < -0.4 is 5.32 Å². The van der Waals surface area contributed by atoms with Crippen molar-refractivity contribution in [3.63, 3.8) is 0 Å². The molecule has 1 fully saturated rings. The summed E-state index contributed by atoms with van der Waals surface area (Å²) in [4.78, 5) is 8.98. The lowest BCUT2D eigenvalue weighted by Gasteiger charge is -2.15. The maximum absolute atomic E-state index is 5.49. The number of aryl methyl sites for hydroxylation is 1. The van der Waals surface area contributed by atoms with Gasteiger partial charge in [0.2, 0.25) is 0 Å². The highest BCUT2D eigenvalue weighted by molar-refractivity contribution is 9.10. The van der Waals surface area contributed by atoms with Crippen molar-refractivity contribution in [2.24, 2.45) is 5.92 Å². The molecule has 1 saturated carbocycles. The van der Waals surface area contributed by atoms with Gasteiger partial charge in [-0.15, -0.1) is 0 Å². The highest BCUT2D eigenvalue weighted by atomic mass is 79.9. The monoisotopic (exact) mass is 285 g/mol. The Balaban J connectivity index is 2.36. The Bertz CT molecular complexity index is 393. The van der Waals surface area contributed by atoms with Gasteiger partial charge in [0.15, 0.2) is 5.82 Å². The van der Waals surface area contributed by atoms with E-state index in [0.717, 1.165) is 21.8 Å². The molecule has 16 heavy (non-hydrogen) atoms. The molecular formula is C11H16BrN3O. The van der Waals surface area contributed by atoms with Gasteiger partial charge in [-0.1, -0.05) is 0 Å². The normalized spacial score (nSPS) is 17.2. The number of halogens is 1. The summed E-state index contributed by atoms with van der Waals surface area (Å²) in [5.41, 5.74) is 0.942. The molecule has 1 aromatic rings. The SMILES string of the molecule is CNc1nc(C(OC)C2CC2)nc(C)c1Br. The standard InChI is InChI=1S/C11H16BrN3O/c1-6-8(12)10(13-2)15-11(14-6)9(16-3)7-4-5-7/h7,9H,4-5H2,1-3H3,(H,13,14,15). The molecule has 0 bridgehead atoms. The molecular weight excluding hydrogens is 270 g/mol. The fourth-order valence-corrected chi connectivity index (χ4v) is 2.16. The average molecular weight is 286 g/mol. The second-order valence-electron chi connectivity index (χ2n) is 4.07. The molecule has 1 aromatic heterocycles. The summed E-state index contributed by atoms with van der Waals surface area (Å²) in [6, 6.07) is 0. The number of anilines is 1. The molecule has 1 N–H and O–H groups in total. The molecule has 0 amide bonds. The number of nitrogens with one attached hydrogen (secondary N) is 1. The van der Waals surface area contributed by atoms with E-state index in [0.29, 0.717) is 5.92 Å². The van der Waals surface area contributed by atoms with E-state index in [1.165, 1.54) is 12.8 Å². The fraction of sp³-hybridized carbons (Fsp3) is 0.636. The van der Waals surface area contributed by atoms with Crippen LogP contribution in [-0.2, 0) is 4.74 Å². The molecule has 0 aromatic carbocycles. The molecule has 0 saturated heterocycles. The molecule has 0 spiro atoms. The Morgan fingerprint density at radius 2 is 2.12 bits per heavy atom. The van der Waals surface area contributed by atoms with Gasteiger partial charge in [-0.05, 0) is 41.6 Å². The molecule has 1 atom stereocenters. The molecule has 1 aliphatic rings.